The van der Waals surface area contributed by atoms with Crippen molar-refractivity contribution in [1.82, 2.24) is 20.9 Å². The van der Waals surface area contributed by atoms with Crippen molar-refractivity contribution in [3.8, 4) is 0 Å². The van der Waals surface area contributed by atoms with E-state index in [1.165, 1.54) is 31.2 Å². The third-order valence-corrected chi connectivity index (χ3v) is 6.77. The van der Waals surface area contributed by atoms with Crippen LogP contribution >= 0.6 is 24.0 Å². The maximum Gasteiger partial charge on any atom is 0.234 e. The van der Waals surface area contributed by atoms with Crippen molar-refractivity contribution in [2.75, 3.05) is 39.8 Å². The van der Waals surface area contributed by atoms with Crippen LogP contribution in [0.1, 0.15) is 63.4 Å². The quantitative estimate of drug-likeness (QED) is 0.260. The number of rotatable bonds is 8. The zero-order valence-corrected chi connectivity index (χ0v) is 22.1. The Morgan fingerprint density at radius 1 is 1.03 bits per heavy atom. The predicted molar refractivity (Wildman–Crippen MR) is 144 cm³/mol. The van der Waals surface area contributed by atoms with Crippen molar-refractivity contribution in [3.05, 3.63) is 35.9 Å². The van der Waals surface area contributed by atoms with Gasteiger partial charge < -0.3 is 16.0 Å². The van der Waals surface area contributed by atoms with E-state index in [9.17, 15) is 4.79 Å². The number of piperidine rings is 1. The van der Waals surface area contributed by atoms with Crippen molar-refractivity contribution < 1.29 is 4.79 Å². The number of aliphatic imine (C=N–C) groups is 1. The number of likely N-dealkylation sites (tertiary alicyclic amines) is 1. The number of nitrogens with one attached hydrogen (secondary N) is 3. The van der Waals surface area contributed by atoms with Gasteiger partial charge in [0.05, 0.1) is 6.54 Å². The first-order valence-electron chi connectivity index (χ1n) is 12.2. The van der Waals surface area contributed by atoms with Gasteiger partial charge in [-0.1, -0.05) is 37.3 Å². The predicted octanol–water partition coefficient (Wildman–Crippen LogP) is 3.73. The van der Waals surface area contributed by atoms with Crippen molar-refractivity contribution >= 4 is 35.8 Å². The van der Waals surface area contributed by atoms with Gasteiger partial charge in [-0.25, -0.2) is 0 Å². The molecule has 2 aliphatic rings. The molecule has 1 aromatic rings. The highest BCUT2D eigenvalue weighted by Gasteiger charge is 2.24. The summed E-state index contributed by atoms with van der Waals surface area (Å²) in [5, 5.41) is 10.1. The topological polar surface area (TPSA) is 68.8 Å². The summed E-state index contributed by atoms with van der Waals surface area (Å²) in [5.74, 6) is 2.52. The molecule has 1 heterocycles. The fourth-order valence-electron chi connectivity index (χ4n) is 4.81. The van der Waals surface area contributed by atoms with Crippen LogP contribution in [0.15, 0.2) is 35.3 Å². The summed E-state index contributed by atoms with van der Waals surface area (Å²) in [6.07, 6.45) is 8.20. The molecule has 0 bridgehead atoms. The maximum absolute atomic E-state index is 11.9. The SMILES string of the molecule is CCCNC(=O)CN1CCC(NC(=NC)NCC2CCC(c3ccccc3)CC2)CC1.I. The Morgan fingerprint density at radius 3 is 2.34 bits per heavy atom. The number of carbonyl (C=O) groups is 1. The number of halogens is 1. The second-order valence-corrected chi connectivity index (χ2v) is 9.13. The number of benzene rings is 1. The molecule has 1 aliphatic carbocycles. The fraction of sp³-hybridized carbons (Fsp3) is 0.680. The van der Waals surface area contributed by atoms with Crippen LogP contribution < -0.4 is 16.0 Å². The average Bonchev–Trinajstić information content (AvgIpc) is 2.82. The molecule has 3 rings (SSSR count). The van der Waals surface area contributed by atoms with E-state index < -0.39 is 0 Å². The molecule has 1 aliphatic heterocycles. The molecular weight excluding hydrogens is 513 g/mol. The highest BCUT2D eigenvalue weighted by atomic mass is 127. The molecule has 1 saturated heterocycles. The minimum atomic E-state index is 0. The van der Waals surface area contributed by atoms with Gasteiger partial charge in [-0.15, -0.1) is 24.0 Å². The van der Waals surface area contributed by atoms with Crippen LogP contribution in [0.2, 0.25) is 0 Å². The lowest BCUT2D eigenvalue weighted by Gasteiger charge is -2.33. The average molecular weight is 556 g/mol. The molecule has 0 radical (unpaired) electrons. The zero-order valence-electron chi connectivity index (χ0n) is 19.8. The highest BCUT2D eigenvalue weighted by molar-refractivity contribution is 14.0. The van der Waals surface area contributed by atoms with Crippen LogP contribution in [0.3, 0.4) is 0 Å². The van der Waals surface area contributed by atoms with Crippen LogP contribution in [-0.2, 0) is 4.79 Å². The minimum Gasteiger partial charge on any atom is -0.356 e. The summed E-state index contributed by atoms with van der Waals surface area (Å²) in [7, 11) is 1.86. The van der Waals surface area contributed by atoms with E-state index in [4.69, 9.17) is 0 Å². The Morgan fingerprint density at radius 2 is 1.72 bits per heavy atom. The van der Waals surface area contributed by atoms with E-state index in [1.54, 1.807) is 0 Å². The van der Waals surface area contributed by atoms with Gasteiger partial charge in [0.2, 0.25) is 5.91 Å². The van der Waals surface area contributed by atoms with Gasteiger partial charge in [0, 0.05) is 39.3 Å². The second-order valence-electron chi connectivity index (χ2n) is 9.13. The normalized spacial score (nSPS) is 22.6. The summed E-state index contributed by atoms with van der Waals surface area (Å²) in [6.45, 7) is 6.28. The molecule has 3 N–H and O–H groups in total. The number of nitrogens with zero attached hydrogens (tertiary/aromatic N) is 2. The number of guanidine groups is 1. The molecule has 0 atom stereocenters. The van der Waals surface area contributed by atoms with Crippen LogP contribution in [0.25, 0.3) is 0 Å². The van der Waals surface area contributed by atoms with Crippen LogP contribution in [-0.4, -0.2) is 62.6 Å². The second kappa shape index (κ2) is 14.7. The number of amides is 1. The Bertz CT molecular complexity index is 683. The molecule has 7 heteroatoms. The molecular formula is C25H42IN5O. The summed E-state index contributed by atoms with van der Waals surface area (Å²) >= 11 is 0. The van der Waals surface area contributed by atoms with Crippen molar-refractivity contribution in [2.45, 2.75) is 63.8 Å². The molecule has 1 saturated carbocycles. The number of hydrogen-bond donors (Lipinski definition) is 3. The van der Waals surface area contributed by atoms with Gasteiger partial charge in [-0.2, -0.15) is 0 Å². The minimum absolute atomic E-state index is 0. The summed E-state index contributed by atoms with van der Waals surface area (Å²) in [6, 6.07) is 11.4. The van der Waals surface area contributed by atoms with Crippen LogP contribution in [0.5, 0.6) is 0 Å². The molecule has 180 valence electrons. The van der Waals surface area contributed by atoms with Gasteiger partial charge in [0.15, 0.2) is 5.96 Å². The van der Waals surface area contributed by atoms with E-state index >= 15 is 0 Å². The lowest BCUT2D eigenvalue weighted by atomic mass is 9.79. The van der Waals surface area contributed by atoms with Crippen molar-refractivity contribution in [1.29, 1.82) is 0 Å². The molecule has 0 aromatic heterocycles. The van der Waals surface area contributed by atoms with E-state index in [1.807, 2.05) is 7.05 Å². The van der Waals surface area contributed by atoms with E-state index in [0.717, 1.165) is 63.2 Å². The smallest absolute Gasteiger partial charge is 0.234 e. The first kappa shape index (κ1) is 26.9. The molecule has 1 aromatic carbocycles. The summed E-state index contributed by atoms with van der Waals surface area (Å²) in [4.78, 5) is 18.6. The monoisotopic (exact) mass is 555 g/mol. The Balaban J connectivity index is 0.00000363. The fourth-order valence-corrected chi connectivity index (χ4v) is 4.81. The van der Waals surface area contributed by atoms with Crippen LogP contribution in [0, 0.1) is 5.92 Å². The molecule has 2 fully saturated rings. The van der Waals surface area contributed by atoms with Crippen molar-refractivity contribution in [2.24, 2.45) is 10.9 Å². The molecule has 6 nitrogen and oxygen atoms in total. The molecule has 0 spiro atoms. The zero-order chi connectivity index (χ0) is 21.9. The third-order valence-electron chi connectivity index (χ3n) is 6.77. The first-order chi connectivity index (χ1) is 15.2. The summed E-state index contributed by atoms with van der Waals surface area (Å²) < 4.78 is 0. The molecule has 32 heavy (non-hydrogen) atoms. The van der Waals surface area contributed by atoms with Gasteiger partial charge in [0.1, 0.15) is 0 Å². The molecule has 1 amide bonds. The standard InChI is InChI=1S/C25H41N5O.HI/c1-3-15-27-24(31)19-30-16-13-23(14-17-30)29-25(26-2)28-18-20-9-11-22(12-10-20)21-7-5-4-6-8-21;/h4-8,20,22-23H,3,9-19H2,1-2H3,(H,27,31)(H2,26,28,29);1H. The number of carbonyl (C=O) groups excluding carboxylic acids is 1. The lowest BCUT2D eigenvalue weighted by molar-refractivity contribution is -0.122. The van der Waals surface area contributed by atoms with Gasteiger partial charge in [-0.3, -0.25) is 14.7 Å². The van der Waals surface area contributed by atoms with Gasteiger partial charge >= 0.3 is 0 Å². The summed E-state index contributed by atoms with van der Waals surface area (Å²) in [5.41, 5.74) is 1.50. The van der Waals surface area contributed by atoms with Crippen molar-refractivity contribution in [3.63, 3.8) is 0 Å². The lowest BCUT2D eigenvalue weighted by Crippen LogP contribution is -2.50. The van der Waals surface area contributed by atoms with E-state index in [0.29, 0.717) is 12.6 Å². The third kappa shape index (κ3) is 8.89. The van der Waals surface area contributed by atoms with Gasteiger partial charge in [0.25, 0.3) is 0 Å². The Kier molecular flexibility index (Phi) is 12.4. The Labute approximate surface area is 211 Å². The molecule has 0 unspecified atom stereocenters. The van der Waals surface area contributed by atoms with Gasteiger partial charge in [-0.05, 0) is 62.3 Å². The van der Waals surface area contributed by atoms with E-state index in [2.05, 4.69) is 63.1 Å². The number of hydrogen-bond acceptors (Lipinski definition) is 3. The highest BCUT2D eigenvalue weighted by Crippen LogP contribution is 2.35. The van der Waals surface area contributed by atoms with E-state index in [-0.39, 0.29) is 29.9 Å². The largest absolute Gasteiger partial charge is 0.356 e. The Hall–Kier alpha value is -1.35. The first-order valence-corrected chi connectivity index (χ1v) is 12.2. The van der Waals surface area contributed by atoms with Crippen LogP contribution in [0.4, 0.5) is 0 Å². The maximum atomic E-state index is 11.9.